The topological polar surface area (TPSA) is 93.6 Å². The molecule has 1 fully saturated rings. The van der Waals surface area contributed by atoms with Crippen LogP contribution in [-0.4, -0.2) is 40.6 Å². The highest BCUT2D eigenvalue weighted by Crippen LogP contribution is 2.29. The molecule has 0 aromatic carbocycles. The summed E-state index contributed by atoms with van der Waals surface area (Å²) in [6.45, 7) is 1.44. The Morgan fingerprint density at radius 3 is 2.89 bits per heavy atom. The van der Waals surface area contributed by atoms with Gasteiger partial charge in [0.1, 0.15) is 12.3 Å². The predicted octanol–water partition coefficient (Wildman–Crippen LogP) is -0.860. The van der Waals surface area contributed by atoms with Crippen LogP contribution in [0, 0.1) is 6.92 Å². The summed E-state index contributed by atoms with van der Waals surface area (Å²) in [6, 6.07) is 0. The van der Waals surface area contributed by atoms with Crippen LogP contribution >= 0.6 is 0 Å². The maximum Gasteiger partial charge on any atom is 0.330 e. The average molecular weight is 256 g/mol. The third kappa shape index (κ3) is 2.24. The summed E-state index contributed by atoms with van der Waals surface area (Å²) in [7, 11) is 1.53. The highest BCUT2D eigenvalue weighted by atomic mass is 16.6. The number of methoxy groups -OCH3 is 1. The van der Waals surface area contributed by atoms with E-state index < -0.39 is 23.6 Å². The first-order valence-corrected chi connectivity index (χ1v) is 5.68. The molecule has 3 atom stereocenters. The minimum atomic E-state index is -0.532. The summed E-state index contributed by atoms with van der Waals surface area (Å²) in [6.07, 6.45) is 0.652. The molecule has 0 radical (unpaired) electrons. The molecule has 1 aromatic rings. The van der Waals surface area contributed by atoms with E-state index in [0.717, 1.165) is 0 Å². The third-order valence-corrected chi connectivity index (χ3v) is 3.12. The molecule has 0 amide bonds. The lowest BCUT2D eigenvalue weighted by Gasteiger charge is -2.14. The van der Waals surface area contributed by atoms with E-state index in [4.69, 9.17) is 14.6 Å². The molecule has 1 aliphatic heterocycles. The van der Waals surface area contributed by atoms with Crippen molar-refractivity contribution in [3.8, 4) is 0 Å². The monoisotopic (exact) mass is 256 g/mol. The fourth-order valence-electron chi connectivity index (χ4n) is 2.08. The summed E-state index contributed by atoms with van der Waals surface area (Å²) in [4.78, 5) is 25.2. The lowest BCUT2D eigenvalue weighted by Crippen LogP contribution is -2.33. The number of aliphatic hydroxyl groups excluding tert-OH is 1. The van der Waals surface area contributed by atoms with E-state index in [1.54, 1.807) is 6.92 Å². The molecule has 7 nitrogen and oxygen atoms in total. The van der Waals surface area contributed by atoms with E-state index in [9.17, 15) is 9.59 Å². The van der Waals surface area contributed by atoms with Gasteiger partial charge in [0.15, 0.2) is 0 Å². The van der Waals surface area contributed by atoms with Crippen LogP contribution in [0.5, 0.6) is 0 Å². The summed E-state index contributed by atoms with van der Waals surface area (Å²) >= 11 is 0. The number of aryl methyl sites for hydroxylation is 1. The molecule has 1 saturated heterocycles. The maximum absolute atomic E-state index is 11.7. The molecule has 0 saturated carbocycles. The van der Waals surface area contributed by atoms with Crippen molar-refractivity contribution in [3.05, 3.63) is 32.6 Å². The van der Waals surface area contributed by atoms with Gasteiger partial charge in [0.25, 0.3) is 5.56 Å². The molecular weight excluding hydrogens is 240 g/mol. The van der Waals surface area contributed by atoms with Crippen molar-refractivity contribution >= 4 is 0 Å². The molecule has 2 rings (SSSR count). The molecule has 1 unspecified atom stereocenters. The minimum absolute atomic E-state index is 0.175. The Bertz CT molecular complexity index is 523. The molecule has 1 aliphatic rings. The number of aromatic amines is 1. The predicted molar refractivity (Wildman–Crippen MR) is 62.5 cm³/mol. The zero-order chi connectivity index (χ0) is 13.3. The van der Waals surface area contributed by atoms with Crippen molar-refractivity contribution in [2.24, 2.45) is 0 Å². The minimum Gasteiger partial charge on any atom is -0.394 e. The number of nitrogens with zero attached hydrogens (tertiary/aromatic N) is 1. The van der Waals surface area contributed by atoms with E-state index >= 15 is 0 Å². The first kappa shape index (κ1) is 13.0. The van der Waals surface area contributed by atoms with E-state index in [1.165, 1.54) is 17.9 Å². The van der Waals surface area contributed by atoms with Crippen LogP contribution in [0.1, 0.15) is 18.2 Å². The van der Waals surface area contributed by atoms with Gasteiger partial charge < -0.3 is 14.6 Å². The van der Waals surface area contributed by atoms with E-state index in [1.807, 2.05) is 0 Å². The average Bonchev–Trinajstić information content (AvgIpc) is 2.76. The van der Waals surface area contributed by atoms with Crippen LogP contribution in [0.3, 0.4) is 0 Å². The molecule has 0 bridgehead atoms. The Morgan fingerprint density at radius 1 is 1.61 bits per heavy atom. The molecule has 0 spiro atoms. The second-order valence-electron chi connectivity index (χ2n) is 4.30. The highest BCUT2D eigenvalue weighted by molar-refractivity contribution is 5.02. The number of hydrogen-bond donors (Lipinski definition) is 2. The van der Waals surface area contributed by atoms with Crippen LogP contribution < -0.4 is 11.2 Å². The summed E-state index contributed by atoms with van der Waals surface area (Å²) in [5.41, 5.74) is -0.500. The van der Waals surface area contributed by atoms with Gasteiger partial charge in [-0.3, -0.25) is 14.3 Å². The van der Waals surface area contributed by atoms with Crippen molar-refractivity contribution < 1.29 is 14.6 Å². The lowest BCUT2D eigenvalue weighted by molar-refractivity contribution is -0.0535. The Balaban J connectivity index is 2.31. The van der Waals surface area contributed by atoms with Gasteiger partial charge in [-0.05, 0) is 6.92 Å². The van der Waals surface area contributed by atoms with E-state index in [0.29, 0.717) is 12.0 Å². The first-order valence-electron chi connectivity index (χ1n) is 5.68. The SMILES string of the molecule is CO[C@@H]1C[C@H](n2cc(C)c(=O)[nH]c2=O)OC1CO. The number of rotatable bonds is 3. The van der Waals surface area contributed by atoms with E-state index in [-0.39, 0.29) is 12.7 Å². The summed E-state index contributed by atoms with van der Waals surface area (Å²) in [5, 5.41) is 9.15. The molecule has 0 aliphatic carbocycles. The second-order valence-corrected chi connectivity index (χ2v) is 4.30. The van der Waals surface area contributed by atoms with Crippen molar-refractivity contribution in [2.75, 3.05) is 13.7 Å². The molecule has 100 valence electrons. The second kappa shape index (κ2) is 5.05. The zero-order valence-electron chi connectivity index (χ0n) is 10.3. The molecule has 2 heterocycles. The number of ether oxygens (including phenoxy) is 2. The molecular formula is C11H16N2O5. The Hall–Kier alpha value is -1.44. The smallest absolute Gasteiger partial charge is 0.330 e. The van der Waals surface area contributed by atoms with Gasteiger partial charge >= 0.3 is 5.69 Å². The Morgan fingerprint density at radius 2 is 2.33 bits per heavy atom. The first-order chi connectivity index (χ1) is 8.56. The molecule has 1 aromatic heterocycles. The largest absolute Gasteiger partial charge is 0.394 e. The van der Waals surface area contributed by atoms with Crippen LogP contribution in [0.4, 0.5) is 0 Å². The highest BCUT2D eigenvalue weighted by Gasteiger charge is 2.36. The number of aromatic nitrogens is 2. The van der Waals surface area contributed by atoms with Crippen molar-refractivity contribution in [1.29, 1.82) is 0 Å². The van der Waals surface area contributed by atoms with Gasteiger partial charge in [0.05, 0.1) is 12.7 Å². The van der Waals surface area contributed by atoms with Gasteiger partial charge in [0.2, 0.25) is 0 Å². The van der Waals surface area contributed by atoms with Crippen LogP contribution in [0.15, 0.2) is 15.8 Å². The Labute approximate surface area is 103 Å². The van der Waals surface area contributed by atoms with Crippen molar-refractivity contribution in [1.82, 2.24) is 9.55 Å². The number of hydrogen-bond acceptors (Lipinski definition) is 5. The van der Waals surface area contributed by atoms with Crippen LogP contribution in [0.25, 0.3) is 0 Å². The van der Waals surface area contributed by atoms with Gasteiger partial charge in [-0.2, -0.15) is 0 Å². The maximum atomic E-state index is 11.7. The molecule has 18 heavy (non-hydrogen) atoms. The summed E-state index contributed by atoms with van der Waals surface area (Å²) in [5.74, 6) is 0. The zero-order valence-corrected chi connectivity index (χ0v) is 10.3. The van der Waals surface area contributed by atoms with Crippen LogP contribution in [0.2, 0.25) is 0 Å². The fourth-order valence-corrected chi connectivity index (χ4v) is 2.08. The van der Waals surface area contributed by atoms with Crippen LogP contribution in [-0.2, 0) is 9.47 Å². The molecule has 7 heteroatoms. The quantitative estimate of drug-likeness (QED) is 0.734. The normalized spacial score (nSPS) is 27.6. The van der Waals surface area contributed by atoms with Crippen molar-refractivity contribution in [2.45, 2.75) is 31.8 Å². The van der Waals surface area contributed by atoms with E-state index in [2.05, 4.69) is 4.98 Å². The third-order valence-electron chi connectivity index (χ3n) is 3.12. The van der Waals surface area contributed by atoms with Gasteiger partial charge in [-0.1, -0.05) is 0 Å². The van der Waals surface area contributed by atoms with Crippen molar-refractivity contribution in [3.63, 3.8) is 0 Å². The van der Waals surface area contributed by atoms with Gasteiger partial charge in [-0.25, -0.2) is 4.79 Å². The standard InChI is InChI=1S/C11H16N2O5/c1-6-4-13(11(16)12-10(6)15)9-3-7(17-2)8(5-14)18-9/h4,7-9,14H,3,5H2,1-2H3,(H,12,15,16)/t7-,8?,9-/m1/s1. The molecule has 2 N–H and O–H groups in total. The van der Waals surface area contributed by atoms with Gasteiger partial charge in [0, 0.05) is 25.3 Å². The number of aliphatic hydroxyl groups is 1. The summed E-state index contributed by atoms with van der Waals surface area (Å²) < 4.78 is 12.0. The number of H-pyrrole nitrogens is 1. The lowest BCUT2D eigenvalue weighted by atomic mass is 10.2. The Kier molecular flexibility index (Phi) is 3.65. The van der Waals surface area contributed by atoms with Gasteiger partial charge in [-0.15, -0.1) is 0 Å². The fraction of sp³-hybridized carbons (Fsp3) is 0.636. The number of nitrogens with one attached hydrogen (secondary N) is 1.